The molecule has 1 aliphatic heterocycles. The van der Waals surface area contributed by atoms with E-state index in [0.717, 1.165) is 18.4 Å². The topological polar surface area (TPSA) is 51.7 Å². The van der Waals surface area contributed by atoms with Crippen LogP contribution in [-0.2, 0) is 9.53 Å². The average molecular weight is 250 g/mol. The molecule has 1 amide bonds. The summed E-state index contributed by atoms with van der Waals surface area (Å²) in [7, 11) is 0. The number of aromatic nitrogens is 1. The molecule has 1 aromatic rings. The van der Waals surface area contributed by atoms with Crippen molar-refractivity contribution < 1.29 is 14.3 Å². The highest BCUT2D eigenvalue weighted by molar-refractivity contribution is 5.49. The fourth-order valence-electron chi connectivity index (χ4n) is 1.91. The number of hydrogen-bond acceptors (Lipinski definition) is 4. The van der Waals surface area contributed by atoms with Crippen molar-refractivity contribution in [2.75, 3.05) is 26.4 Å². The van der Waals surface area contributed by atoms with E-state index in [2.05, 4.69) is 11.9 Å². The van der Waals surface area contributed by atoms with Gasteiger partial charge in [0.05, 0.1) is 25.9 Å². The largest absolute Gasteiger partial charge is 0.478 e. The highest BCUT2D eigenvalue weighted by Gasteiger charge is 2.23. The Bertz CT molecular complexity index is 380. The Morgan fingerprint density at radius 3 is 3.17 bits per heavy atom. The molecule has 1 fully saturated rings. The third kappa shape index (κ3) is 2.98. The molecule has 1 saturated heterocycles. The molecule has 1 aliphatic rings. The zero-order chi connectivity index (χ0) is 12.8. The van der Waals surface area contributed by atoms with Gasteiger partial charge in [0.25, 0.3) is 0 Å². The van der Waals surface area contributed by atoms with Crippen LogP contribution in [0.2, 0.25) is 0 Å². The van der Waals surface area contributed by atoms with Crippen LogP contribution in [0.1, 0.15) is 24.9 Å². The Labute approximate surface area is 107 Å². The summed E-state index contributed by atoms with van der Waals surface area (Å²) >= 11 is 0. The van der Waals surface area contributed by atoms with Crippen LogP contribution < -0.4 is 4.74 Å². The number of carbonyl (C=O) groups excluding carboxylic acids is 1. The van der Waals surface area contributed by atoms with Gasteiger partial charge in [0.2, 0.25) is 12.3 Å². The van der Waals surface area contributed by atoms with Gasteiger partial charge in [-0.15, -0.1) is 0 Å². The smallest absolute Gasteiger partial charge is 0.213 e. The molecule has 0 radical (unpaired) electrons. The van der Waals surface area contributed by atoms with Gasteiger partial charge in [-0.25, -0.2) is 4.98 Å². The van der Waals surface area contributed by atoms with Crippen LogP contribution in [0.15, 0.2) is 18.3 Å². The number of nitrogens with zero attached hydrogens (tertiary/aromatic N) is 2. The van der Waals surface area contributed by atoms with Gasteiger partial charge in [0.15, 0.2) is 0 Å². The molecule has 0 N–H and O–H groups in total. The molecule has 5 nitrogen and oxygen atoms in total. The van der Waals surface area contributed by atoms with Crippen LogP contribution in [0.3, 0.4) is 0 Å². The number of amides is 1. The number of pyridine rings is 1. The summed E-state index contributed by atoms with van der Waals surface area (Å²) in [6, 6.07) is 3.74. The number of hydrogen-bond donors (Lipinski definition) is 0. The second kappa shape index (κ2) is 6.35. The monoisotopic (exact) mass is 250 g/mol. The zero-order valence-electron chi connectivity index (χ0n) is 10.5. The summed E-state index contributed by atoms with van der Waals surface area (Å²) in [5, 5.41) is 0. The number of rotatable bonds is 5. The maximum atomic E-state index is 11.0. The van der Waals surface area contributed by atoms with Gasteiger partial charge >= 0.3 is 0 Å². The van der Waals surface area contributed by atoms with Crippen LogP contribution in [0.25, 0.3) is 0 Å². The number of morpholine rings is 1. The molecule has 18 heavy (non-hydrogen) atoms. The predicted octanol–water partition coefficient (Wildman–Crippen LogP) is 1.40. The molecular formula is C13H18N2O3. The van der Waals surface area contributed by atoms with E-state index >= 15 is 0 Å². The molecule has 0 unspecified atom stereocenters. The average Bonchev–Trinajstić information content (AvgIpc) is 2.45. The van der Waals surface area contributed by atoms with Gasteiger partial charge < -0.3 is 14.4 Å². The van der Waals surface area contributed by atoms with E-state index in [1.54, 1.807) is 11.1 Å². The Hall–Kier alpha value is -1.62. The molecule has 2 heterocycles. The molecule has 0 aromatic carbocycles. The number of ether oxygens (including phenoxy) is 2. The molecule has 0 bridgehead atoms. The molecule has 98 valence electrons. The summed E-state index contributed by atoms with van der Waals surface area (Å²) < 4.78 is 10.8. The standard InChI is InChI=1S/C13H18N2O3/c1-2-6-18-13-4-3-11(8-14-13)12-9-17-7-5-15(12)10-16/h3-4,8,10,12H,2,5-7,9H2,1H3/t12-/m1/s1. The Morgan fingerprint density at radius 2 is 2.50 bits per heavy atom. The molecule has 0 spiro atoms. The van der Waals surface area contributed by atoms with Crippen LogP contribution in [0.4, 0.5) is 0 Å². The fraction of sp³-hybridized carbons (Fsp3) is 0.538. The third-order valence-corrected chi connectivity index (χ3v) is 2.90. The van der Waals surface area contributed by atoms with E-state index < -0.39 is 0 Å². The van der Waals surface area contributed by atoms with E-state index in [1.807, 2.05) is 12.1 Å². The van der Waals surface area contributed by atoms with Crippen molar-refractivity contribution >= 4 is 6.41 Å². The lowest BCUT2D eigenvalue weighted by Gasteiger charge is -2.32. The van der Waals surface area contributed by atoms with Crippen LogP contribution in [0.5, 0.6) is 5.88 Å². The van der Waals surface area contributed by atoms with Gasteiger partial charge in [-0.3, -0.25) is 4.79 Å². The lowest BCUT2D eigenvalue weighted by Crippen LogP contribution is -2.38. The van der Waals surface area contributed by atoms with E-state index in [-0.39, 0.29) is 6.04 Å². The summed E-state index contributed by atoms with van der Waals surface area (Å²) in [6.45, 7) is 4.47. The second-order valence-electron chi connectivity index (χ2n) is 4.21. The third-order valence-electron chi connectivity index (χ3n) is 2.90. The first kappa shape index (κ1) is 12.8. The second-order valence-corrected chi connectivity index (χ2v) is 4.21. The lowest BCUT2D eigenvalue weighted by molar-refractivity contribution is -0.126. The SMILES string of the molecule is CCCOc1ccc([C@H]2COCCN2C=O)cn1. The van der Waals surface area contributed by atoms with Gasteiger partial charge in [-0.1, -0.05) is 6.92 Å². The van der Waals surface area contributed by atoms with Crippen molar-refractivity contribution in [3.63, 3.8) is 0 Å². The summed E-state index contributed by atoms with van der Waals surface area (Å²) in [5.74, 6) is 0.620. The maximum absolute atomic E-state index is 11.0. The Kier molecular flexibility index (Phi) is 4.52. The minimum atomic E-state index is -0.0380. The summed E-state index contributed by atoms with van der Waals surface area (Å²) in [6.07, 6.45) is 3.58. The van der Waals surface area contributed by atoms with E-state index in [4.69, 9.17) is 9.47 Å². The first-order valence-corrected chi connectivity index (χ1v) is 6.22. The predicted molar refractivity (Wildman–Crippen MR) is 66.4 cm³/mol. The number of carbonyl (C=O) groups is 1. The lowest BCUT2D eigenvalue weighted by atomic mass is 10.1. The zero-order valence-corrected chi connectivity index (χ0v) is 10.5. The molecule has 1 aromatic heterocycles. The van der Waals surface area contributed by atoms with Crippen LogP contribution in [0, 0.1) is 0 Å². The molecule has 1 atom stereocenters. The first-order valence-electron chi connectivity index (χ1n) is 6.22. The van der Waals surface area contributed by atoms with E-state index in [0.29, 0.717) is 32.2 Å². The minimum absolute atomic E-state index is 0.0380. The normalized spacial score (nSPS) is 19.6. The van der Waals surface area contributed by atoms with Crippen LogP contribution >= 0.6 is 0 Å². The fourth-order valence-corrected chi connectivity index (χ4v) is 1.91. The quantitative estimate of drug-likeness (QED) is 0.741. The molecule has 2 rings (SSSR count). The highest BCUT2D eigenvalue weighted by Crippen LogP contribution is 2.23. The van der Waals surface area contributed by atoms with E-state index in [9.17, 15) is 4.79 Å². The molecule has 0 saturated carbocycles. The highest BCUT2D eigenvalue weighted by atomic mass is 16.5. The van der Waals surface area contributed by atoms with Crippen molar-refractivity contribution in [2.24, 2.45) is 0 Å². The maximum Gasteiger partial charge on any atom is 0.213 e. The first-order chi connectivity index (χ1) is 8.85. The van der Waals surface area contributed by atoms with Gasteiger partial charge in [0.1, 0.15) is 0 Å². The van der Waals surface area contributed by atoms with Gasteiger partial charge in [0, 0.05) is 18.8 Å². The van der Waals surface area contributed by atoms with Crippen molar-refractivity contribution in [3.05, 3.63) is 23.9 Å². The van der Waals surface area contributed by atoms with Gasteiger partial charge in [-0.2, -0.15) is 0 Å². The Balaban J connectivity index is 2.05. The molecule has 0 aliphatic carbocycles. The molecular weight excluding hydrogens is 232 g/mol. The van der Waals surface area contributed by atoms with Crippen molar-refractivity contribution in [2.45, 2.75) is 19.4 Å². The van der Waals surface area contributed by atoms with Crippen molar-refractivity contribution in [3.8, 4) is 5.88 Å². The van der Waals surface area contributed by atoms with Crippen molar-refractivity contribution in [1.29, 1.82) is 0 Å². The summed E-state index contributed by atoms with van der Waals surface area (Å²) in [4.78, 5) is 17.0. The Morgan fingerprint density at radius 1 is 1.61 bits per heavy atom. The van der Waals surface area contributed by atoms with Crippen LogP contribution in [-0.4, -0.2) is 42.7 Å². The molecule has 5 heteroatoms. The summed E-state index contributed by atoms with van der Waals surface area (Å²) in [5.41, 5.74) is 0.977. The van der Waals surface area contributed by atoms with Crippen molar-refractivity contribution in [1.82, 2.24) is 9.88 Å². The van der Waals surface area contributed by atoms with Gasteiger partial charge in [-0.05, 0) is 18.1 Å². The minimum Gasteiger partial charge on any atom is -0.478 e. The van der Waals surface area contributed by atoms with E-state index in [1.165, 1.54) is 0 Å².